The first-order valence-corrected chi connectivity index (χ1v) is 13.7. The molecule has 0 aliphatic rings. The van der Waals surface area contributed by atoms with E-state index in [-0.39, 0.29) is 53.3 Å². The number of nitrogens with one attached hydrogen (secondary N) is 2. The number of nitrogen functional groups attached to an aromatic ring is 2. The zero-order valence-corrected chi connectivity index (χ0v) is 25.9. The fraction of sp³-hybridized carbons (Fsp3) is 0.241. The number of aromatic amines is 1. The van der Waals surface area contributed by atoms with E-state index < -0.39 is 48.4 Å². The highest BCUT2D eigenvalue weighted by atomic mass is 19.4. The number of carboxylic acid groups (broad SMARTS) is 2. The maximum atomic E-state index is 15.7. The number of methoxy groups -OCH3 is 1. The number of H-pyrrole nitrogens is 1. The molecule has 0 fully saturated rings. The highest BCUT2D eigenvalue weighted by molar-refractivity contribution is 5.94. The summed E-state index contributed by atoms with van der Waals surface area (Å²) < 4.78 is 104. The Morgan fingerprint density at radius 3 is 2.08 bits per heavy atom. The number of rotatable bonds is 10. The number of amidine groups is 1. The molecule has 51 heavy (non-hydrogen) atoms. The van der Waals surface area contributed by atoms with E-state index in [9.17, 15) is 35.5 Å². The number of carbonyl (C=O) groups is 2. The van der Waals surface area contributed by atoms with Crippen LogP contribution in [0.5, 0.6) is 11.5 Å². The molecule has 0 amide bonds. The minimum Gasteiger partial charge on any atom is -0.497 e. The molecule has 0 aliphatic heterocycles. The normalized spacial score (nSPS) is 11.6. The van der Waals surface area contributed by atoms with Gasteiger partial charge in [0.15, 0.2) is 11.6 Å². The quantitative estimate of drug-likeness (QED) is 0.0775. The average molecular weight is 738 g/mol. The van der Waals surface area contributed by atoms with Gasteiger partial charge in [-0.3, -0.25) is 10.4 Å². The van der Waals surface area contributed by atoms with E-state index >= 15 is 4.39 Å². The Bertz CT molecular complexity index is 1850. The number of aliphatic carboxylic acids is 2. The molecule has 2 aromatic carbocycles. The molecule has 0 bridgehead atoms. The summed E-state index contributed by atoms with van der Waals surface area (Å²) in [4.78, 5) is 37.3. The molecule has 2 heterocycles. The van der Waals surface area contributed by atoms with E-state index in [4.69, 9.17) is 46.2 Å². The Morgan fingerprint density at radius 2 is 1.61 bits per heavy atom. The smallest absolute Gasteiger partial charge is 0.490 e. The van der Waals surface area contributed by atoms with Gasteiger partial charge in [0.2, 0.25) is 0 Å². The summed E-state index contributed by atoms with van der Waals surface area (Å²) in [6.45, 7) is -1.14. The minimum atomic E-state index is -5.08. The van der Waals surface area contributed by atoms with Gasteiger partial charge in [0.05, 0.1) is 13.0 Å². The van der Waals surface area contributed by atoms with Gasteiger partial charge in [0.25, 0.3) is 0 Å². The van der Waals surface area contributed by atoms with Crippen LogP contribution in [0, 0.1) is 11.2 Å². The Morgan fingerprint density at radius 1 is 1.04 bits per heavy atom. The van der Waals surface area contributed by atoms with E-state index in [0.29, 0.717) is 5.56 Å². The summed E-state index contributed by atoms with van der Waals surface area (Å²) in [5, 5.41) is 26.3. The van der Waals surface area contributed by atoms with Crippen LogP contribution in [0.4, 0.5) is 40.9 Å². The van der Waals surface area contributed by atoms with Crippen LogP contribution >= 0.6 is 0 Å². The fourth-order valence-corrected chi connectivity index (χ4v) is 3.88. The highest BCUT2D eigenvalue weighted by Gasteiger charge is 2.39. The molecule has 0 saturated heterocycles. The van der Waals surface area contributed by atoms with Crippen molar-refractivity contribution in [3.8, 4) is 17.2 Å². The number of alkyl halides is 7. The number of nitrogens with two attached hydrogens (primary N) is 2. The number of hydrogen-bond donors (Lipinski definition) is 6. The number of hydrogen-bond acceptors (Lipinski definition) is 9. The molecule has 4 rings (SSSR count). The van der Waals surface area contributed by atoms with Crippen molar-refractivity contribution in [2.45, 2.75) is 24.7 Å². The van der Waals surface area contributed by atoms with E-state index in [1.54, 1.807) is 36.4 Å². The van der Waals surface area contributed by atoms with Crippen LogP contribution in [-0.2, 0) is 16.0 Å². The van der Waals surface area contributed by atoms with Gasteiger partial charge in [0, 0.05) is 23.4 Å². The van der Waals surface area contributed by atoms with Gasteiger partial charge in [-0.15, -0.1) is 5.10 Å². The monoisotopic (exact) mass is 737 g/mol. The number of halogens is 8. The summed E-state index contributed by atoms with van der Waals surface area (Å²) in [6, 6.07) is 12.8. The standard InChI is InChI=1S/C25H25F2N7O3.2C2HF3O2/c1-36-16-12-17(21(27)20(13-16)37-10-8-26)18(11-14-4-6-15(7-5-14)22(28)29)24-32-25(35)34(33-24)19-3-2-9-31-23(19)30;2*3-2(4,5)1(6)7/h2-7,9,12-13,18H,8,10-11H2,1H3,(H3,28,29)(H2,30,31)(H,32,33,35);2*(H,6,7). The van der Waals surface area contributed by atoms with Gasteiger partial charge in [-0.1, -0.05) is 24.3 Å². The second-order valence-corrected chi connectivity index (χ2v) is 9.67. The number of carboxylic acids is 2. The third-order valence-electron chi connectivity index (χ3n) is 6.19. The van der Waals surface area contributed by atoms with Crippen LogP contribution < -0.4 is 26.6 Å². The van der Waals surface area contributed by atoms with Crippen LogP contribution in [0.1, 0.15) is 28.4 Å². The molecule has 1 atom stereocenters. The Labute approximate surface area is 280 Å². The van der Waals surface area contributed by atoms with Crippen molar-refractivity contribution in [3.05, 3.63) is 93.5 Å². The Kier molecular flexibility index (Phi) is 14.0. The first kappa shape index (κ1) is 41.0. The molecule has 22 heteroatoms. The summed E-state index contributed by atoms with van der Waals surface area (Å²) >= 11 is 0. The largest absolute Gasteiger partial charge is 0.497 e. The molecule has 2 aromatic heterocycles. The Hall–Kier alpha value is -6.22. The minimum absolute atomic E-state index is 0.0891. The molecule has 1 unspecified atom stereocenters. The van der Waals surface area contributed by atoms with Crippen LogP contribution in [0.15, 0.2) is 59.5 Å². The average Bonchev–Trinajstić information content (AvgIpc) is 3.44. The van der Waals surface area contributed by atoms with Gasteiger partial charge >= 0.3 is 30.0 Å². The third kappa shape index (κ3) is 11.7. The van der Waals surface area contributed by atoms with Crippen LogP contribution in [-0.4, -0.2) is 80.5 Å². The van der Waals surface area contributed by atoms with Gasteiger partial charge < -0.3 is 31.2 Å². The van der Waals surface area contributed by atoms with Gasteiger partial charge in [-0.05, 0) is 30.2 Å². The SMILES string of the molecule is COc1cc(OCCF)c(F)c(C(Cc2ccc(C(=N)N)cc2)c2nn(-c3cccnc3N)c(=O)[nH]2)c1.O=C(O)C(F)(F)F.O=C(O)C(F)(F)F. The summed E-state index contributed by atoms with van der Waals surface area (Å²) in [6.07, 6.45) is -8.49. The number of nitrogens with zero attached hydrogens (tertiary/aromatic N) is 3. The molecule has 0 radical (unpaired) electrons. The van der Waals surface area contributed by atoms with E-state index in [0.717, 1.165) is 10.2 Å². The lowest BCUT2D eigenvalue weighted by Crippen LogP contribution is -2.21. The molecule has 0 spiro atoms. The lowest BCUT2D eigenvalue weighted by Gasteiger charge is -2.19. The van der Waals surface area contributed by atoms with Gasteiger partial charge in [-0.2, -0.15) is 31.0 Å². The predicted octanol–water partition coefficient (Wildman–Crippen LogP) is 3.96. The molecule has 8 N–H and O–H groups in total. The fourth-order valence-electron chi connectivity index (χ4n) is 3.88. The second kappa shape index (κ2) is 17.4. The van der Waals surface area contributed by atoms with Crippen molar-refractivity contribution < 1.29 is 64.4 Å². The van der Waals surface area contributed by atoms with Gasteiger partial charge in [-0.25, -0.2) is 28.1 Å². The predicted molar refractivity (Wildman–Crippen MR) is 161 cm³/mol. The summed E-state index contributed by atoms with van der Waals surface area (Å²) in [7, 11) is 1.41. The van der Waals surface area contributed by atoms with Crippen molar-refractivity contribution >= 4 is 23.6 Å². The molecular weight excluding hydrogens is 710 g/mol. The van der Waals surface area contributed by atoms with Crippen molar-refractivity contribution in [1.82, 2.24) is 19.7 Å². The zero-order valence-electron chi connectivity index (χ0n) is 25.9. The maximum Gasteiger partial charge on any atom is 0.490 e. The third-order valence-corrected chi connectivity index (χ3v) is 6.19. The van der Waals surface area contributed by atoms with Crippen LogP contribution in [0.3, 0.4) is 0 Å². The number of pyridine rings is 1. The molecular formula is C29H27F8N7O7. The summed E-state index contributed by atoms with van der Waals surface area (Å²) in [5.41, 5.74) is 12.5. The molecule has 0 aliphatic carbocycles. The van der Waals surface area contributed by atoms with Crippen LogP contribution in [0.25, 0.3) is 5.69 Å². The van der Waals surface area contributed by atoms with Crippen molar-refractivity contribution in [3.63, 3.8) is 0 Å². The van der Waals surface area contributed by atoms with Crippen molar-refractivity contribution in [2.24, 2.45) is 5.73 Å². The van der Waals surface area contributed by atoms with Crippen molar-refractivity contribution in [2.75, 3.05) is 26.1 Å². The van der Waals surface area contributed by atoms with E-state index in [1.807, 2.05) is 0 Å². The Balaban J connectivity index is 0.000000543. The van der Waals surface area contributed by atoms with Gasteiger partial charge in [0.1, 0.15) is 42.2 Å². The first-order valence-electron chi connectivity index (χ1n) is 13.7. The number of aromatic nitrogens is 4. The molecule has 14 nitrogen and oxygen atoms in total. The molecule has 4 aromatic rings. The lowest BCUT2D eigenvalue weighted by molar-refractivity contribution is -0.193. The zero-order chi connectivity index (χ0) is 38.7. The highest BCUT2D eigenvalue weighted by Crippen LogP contribution is 2.36. The van der Waals surface area contributed by atoms with E-state index in [1.165, 1.54) is 25.4 Å². The number of ether oxygens (including phenoxy) is 2. The number of benzene rings is 2. The summed E-state index contributed by atoms with van der Waals surface area (Å²) in [5.74, 6) is -6.84. The topological polar surface area (TPSA) is 233 Å². The maximum absolute atomic E-state index is 15.7. The second-order valence-electron chi connectivity index (χ2n) is 9.67. The van der Waals surface area contributed by atoms with Crippen molar-refractivity contribution in [1.29, 1.82) is 5.41 Å². The number of anilines is 1. The molecule has 276 valence electrons. The van der Waals surface area contributed by atoms with E-state index in [2.05, 4.69) is 15.1 Å². The first-order chi connectivity index (χ1) is 23.7. The van der Waals surface area contributed by atoms with Crippen LogP contribution in [0.2, 0.25) is 0 Å². The molecule has 0 saturated carbocycles. The lowest BCUT2D eigenvalue weighted by atomic mass is 9.90.